The molecule has 0 radical (unpaired) electrons. The minimum absolute atomic E-state index is 0.366. The first-order valence-electron chi connectivity index (χ1n) is 16.7. The molecule has 5 rings (SSSR count). The Bertz CT molecular complexity index is 845. The van der Waals surface area contributed by atoms with E-state index in [0.29, 0.717) is 16.7 Å². The molecule has 4 aliphatic carbocycles. The molecule has 4 saturated carbocycles. The Kier molecular flexibility index (Phi) is 8.64. The summed E-state index contributed by atoms with van der Waals surface area (Å²) in [5, 5.41) is 30.9. The Morgan fingerprint density at radius 1 is 0.821 bits per heavy atom. The predicted octanol–water partition coefficient (Wildman–Crippen LogP) is 6.71. The van der Waals surface area contributed by atoms with Gasteiger partial charge >= 0.3 is 0 Å². The van der Waals surface area contributed by atoms with Gasteiger partial charge in [0.25, 0.3) is 0 Å². The van der Waals surface area contributed by atoms with Crippen molar-refractivity contribution in [3.05, 3.63) is 0 Å². The van der Waals surface area contributed by atoms with Gasteiger partial charge in [0.2, 0.25) is 0 Å². The van der Waals surface area contributed by atoms with Crippen LogP contribution in [-0.4, -0.2) is 51.6 Å². The highest BCUT2D eigenvalue weighted by atomic mass is 16.7. The van der Waals surface area contributed by atoms with Gasteiger partial charge in [-0.2, -0.15) is 0 Å². The normalized spacial score (nSPS) is 51.3. The Morgan fingerprint density at radius 2 is 1.54 bits per heavy atom. The van der Waals surface area contributed by atoms with Gasteiger partial charge in [0.1, 0.15) is 18.3 Å². The maximum absolute atomic E-state index is 10.6. The van der Waals surface area contributed by atoms with Crippen molar-refractivity contribution in [2.45, 2.75) is 162 Å². The highest BCUT2D eigenvalue weighted by Gasteiger charge is 2.62. The van der Waals surface area contributed by atoms with E-state index < -0.39 is 30.7 Å². The molecule has 5 fully saturated rings. The number of rotatable bonds is 8. The molecule has 3 N–H and O–H groups in total. The molecule has 14 atom stereocenters. The summed E-state index contributed by atoms with van der Waals surface area (Å²) in [5.74, 6) is 5.82. The average molecular weight is 549 g/mol. The predicted molar refractivity (Wildman–Crippen MR) is 155 cm³/mol. The van der Waals surface area contributed by atoms with Crippen LogP contribution in [0, 0.1) is 52.3 Å². The smallest absolute Gasteiger partial charge is 0.187 e. The Labute approximate surface area is 238 Å². The Balaban J connectivity index is 1.23. The number of fused-ring (bicyclic) bond motifs is 5. The lowest BCUT2D eigenvalue weighted by Gasteiger charge is -2.62. The second kappa shape index (κ2) is 11.1. The third-order valence-electron chi connectivity index (χ3n) is 13.3. The van der Waals surface area contributed by atoms with Gasteiger partial charge in [-0.3, -0.25) is 0 Å². The summed E-state index contributed by atoms with van der Waals surface area (Å²) in [5.41, 5.74) is 0.527. The quantitative estimate of drug-likeness (QED) is 0.314. The molecule has 1 saturated heterocycles. The minimum atomic E-state index is -1.12. The van der Waals surface area contributed by atoms with E-state index in [2.05, 4.69) is 41.5 Å². The summed E-state index contributed by atoms with van der Waals surface area (Å²) in [7, 11) is 0. The van der Waals surface area contributed by atoms with E-state index in [1.165, 1.54) is 64.2 Å². The first-order valence-corrected chi connectivity index (χ1v) is 16.7. The van der Waals surface area contributed by atoms with Gasteiger partial charge in [0, 0.05) is 0 Å². The highest BCUT2D eigenvalue weighted by molar-refractivity contribution is 5.11. The molecule has 0 unspecified atom stereocenters. The van der Waals surface area contributed by atoms with E-state index in [9.17, 15) is 15.3 Å². The number of hydrogen-bond acceptors (Lipinski definition) is 5. The maximum atomic E-state index is 10.6. The molecule has 5 aliphatic rings. The number of ether oxygens (including phenoxy) is 2. The summed E-state index contributed by atoms with van der Waals surface area (Å²) in [6, 6.07) is 0. The molecule has 0 aromatic rings. The van der Waals surface area contributed by atoms with Crippen LogP contribution in [0.3, 0.4) is 0 Å². The molecule has 1 heterocycles. The van der Waals surface area contributed by atoms with Gasteiger partial charge in [-0.15, -0.1) is 0 Å². The number of aliphatic hydroxyl groups is 3. The van der Waals surface area contributed by atoms with Crippen molar-refractivity contribution >= 4 is 0 Å². The first-order chi connectivity index (χ1) is 18.3. The molecule has 39 heavy (non-hydrogen) atoms. The molecular formula is C34H60O5. The molecular weight excluding hydrogens is 488 g/mol. The summed E-state index contributed by atoms with van der Waals surface area (Å²) in [6.07, 6.45) is 10.9. The molecule has 5 nitrogen and oxygen atoms in total. The molecule has 226 valence electrons. The van der Waals surface area contributed by atoms with Crippen LogP contribution < -0.4 is 0 Å². The van der Waals surface area contributed by atoms with Crippen LogP contribution in [0.25, 0.3) is 0 Å². The van der Waals surface area contributed by atoms with Gasteiger partial charge < -0.3 is 24.8 Å². The molecule has 1 aliphatic heterocycles. The fourth-order valence-electron chi connectivity index (χ4n) is 11.0. The van der Waals surface area contributed by atoms with Crippen LogP contribution in [0.5, 0.6) is 0 Å². The summed E-state index contributed by atoms with van der Waals surface area (Å²) >= 11 is 0. The van der Waals surface area contributed by atoms with Crippen LogP contribution in [0.1, 0.15) is 126 Å². The van der Waals surface area contributed by atoms with Crippen molar-refractivity contribution in [1.29, 1.82) is 0 Å². The summed E-state index contributed by atoms with van der Waals surface area (Å²) in [4.78, 5) is 0. The van der Waals surface area contributed by atoms with Crippen molar-refractivity contribution < 1.29 is 24.8 Å². The fourth-order valence-corrected chi connectivity index (χ4v) is 11.0. The monoisotopic (exact) mass is 548 g/mol. The van der Waals surface area contributed by atoms with Gasteiger partial charge in [-0.05, 0) is 124 Å². The van der Waals surface area contributed by atoms with Gasteiger partial charge in [0.15, 0.2) is 6.29 Å². The van der Waals surface area contributed by atoms with E-state index in [-0.39, 0.29) is 5.60 Å². The number of aliphatic hydroxyl groups excluding tert-OH is 3. The molecule has 0 spiro atoms. The molecule has 5 heteroatoms. The van der Waals surface area contributed by atoms with Crippen LogP contribution in [-0.2, 0) is 9.47 Å². The van der Waals surface area contributed by atoms with Crippen molar-refractivity contribution in [3.63, 3.8) is 0 Å². The second-order valence-corrected chi connectivity index (χ2v) is 16.2. The van der Waals surface area contributed by atoms with Crippen LogP contribution >= 0.6 is 0 Å². The van der Waals surface area contributed by atoms with E-state index in [0.717, 1.165) is 48.3 Å². The van der Waals surface area contributed by atoms with Crippen molar-refractivity contribution in [2.75, 3.05) is 0 Å². The first kappa shape index (κ1) is 30.3. The minimum Gasteiger partial charge on any atom is -0.391 e. The third-order valence-corrected chi connectivity index (χ3v) is 13.3. The fraction of sp³-hybridized carbons (Fsp3) is 1.00. The van der Waals surface area contributed by atoms with Crippen molar-refractivity contribution in [3.8, 4) is 0 Å². The maximum Gasteiger partial charge on any atom is 0.187 e. The topological polar surface area (TPSA) is 79.2 Å². The standard InChI is InChI=1S/C34H60O5/c1-20(2)9-8-10-21(3)25-13-14-26-24-12-11-23-19-32(5,39-31-29(37)28(36)30(38-31)22(4)35)17-18-33(23,6)27(24)15-16-34(25,26)7/h20-31,35-37H,8-19H2,1-7H3/t21-,22-,23-,24+,25-,26+,27+,28-,29-,30+,31+,32-,33+,34-/m1/s1. The molecule has 0 aromatic heterocycles. The summed E-state index contributed by atoms with van der Waals surface area (Å²) in [6.45, 7) is 16.3. The lowest BCUT2D eigenvalue weighted by Crippen LogP contribution is -2.56. The number of hydrogen-bond donors (Lipinski definition) is 3. The lowest BCUT2D eigenvalue weighted by molar-refractivity contribution is -0.253. The van der Waals surface area contributed by atoms with E-state index in [1.54, 1.807) is 6.92 Å². The third kappa shape index (κ3) is 5.39. The largest absolute Gasteiger partial charge is 0.391 e. The van der Waals surface area contributed by atoms with Crippen molar-refractivity contribution in [1.82, 2.24) is 0 Å². The lowest BCUT2D eigenvalue weighted by atomic mass is 9.43. The molecule has 0 amide bonds. The van der Waals surface area contributed by atoms with Gasteiger partial charge in [0.05, 0.1) is 11.7 Å². The average Bonchev–Trinajstić information content (AvgIpc) is 3.36. The van der Waals surface area contributed by atoms with Crippen molar-refractivity contribution in [2.24, 2.45) is 52.3 Å². The van der Waals surface area contributed by atoms with Crippen LogP contribution in [0.2, 0.25) is 0 Å². The summed E-state index contributed by atoms with van der Waals surface area (Å²) < 4.78 is 12.3. The van der Waals surface area contributed by atoms with E-state index in [4.69, 9.17) is 9.47 Å². The Morgan fingerprint density at radius 3 is 2.21 bits per heavy atom. The molecule has 0 aromatic carbocycles. The zero-order valence-electron chi connectivity index (χ0n) is 26.1. The second-order valence-electron chi connectivity index (χ2n) is 16.2. The van der Waals surface area contributed by atoms with Crippen LogP contribution in [0.4, 0.5) is 0 Å². The Hall–Kier alpha value is -0.200. The zero-order chi connectivity index (χ0) is 28.3. The van der Waals surface area contributed by atoms with Gasteiger partial charge in [-0.25, -0.2) is 0 Å². The van der Waals surface area contributed by atoms with Crippen LogP contribution in [0.15, 0.2) is 0 Å². The van der Waals surface area contributed by atoms with Gasteiger partial charge in [-0.1, -0.05) is 53.9 Å². The van der Waals surface area contributed by atoms with E-state index in [1.807, 2.05) is 0 Å². The zero-order valence-corrected chi connectivity index (χ0v) is 26.1. The molecule has 0 bridgehead atoms. The SMILES string of the molecule is CC(C)CCC[C@@H](C)[C@H]1CC[C@H]2[C@@H]3CC[C@@H]4C[C@](C)(O[C@@H]5O[C@@H]([C@@H](C)O)[C@H](O)[C@H]5O)CC[C@]4(C)[C@H]3CC[C@]12C. The highest BCUT2D eigenvalue weighted by Crippen LogP contribution is 2.69. The van der Waals surface area contributed by atoms with E-state index >= 15 is 0 Å².